The second-order valence-electron chi connectivity index (χ2n) is 5.49. The minimum absolute atomic E-state index is 0.0342. The van der Waals surface area contributed by atoms with Crippen molar-refractivity contribution in [2.75, 3.05) is 6.61 Å². The fourth-order valence-corrected chi connectivity index (χ4v) is 2.90. The lowest BCUT2D eigenvalue weighted by atomic mass is 9.85. The van der Waals surface area contributed by atoms with E-state index < -0.39 is 0 Å². The fraction of sp³-hybridized carbons (Fsp3) is 0.625. The second kappa shape index (κ2) is 7.39. The lowest BCUT2D eigenvalue weighted by Gasteiger charge is -2.30. The monoisotopic (exact) mass is 276 g/mol. The molecule has 0 saturated heterocycles. The molecule has 4 nitrogen and oxygen atoms in total. The van der Waals surface area contributed by atoms with Gasteiger partial charge in [-0.25, -0.2) is 0 Å². The molecule has 4 heteroatoms. The van der Waals surface area contributed by atoms with Gasteiger partial charge in [-0.15, -0.1) is 0 Å². The average molecular weight is 276 g/mol. The summed E-state index contributed by atoms with van der Waals surface area (Å²) in [5.41, 5.74) is 1.19. The number of nitrogens with one attached hydrogen (secondary N) is 1. The van der Waals surface area contributed by atoms with Crippen LogP contribution in [0.5, 0.6) is 0 Å². The van der Waals surface area contributed by atoms with Crippen molar-refractivity contribution in [2.24, 2.45) is 5.92 Å². The van der Waals surface area contributed by atoms with Gasteiger partial charge in [0.1, 0.15) is 0 Å². The molecule has 1 N–H and O–H groups in total. The molecular weight excluding hydrogens is 252 g/mol. The predicted molar refractivity (Wildman–Crippen MR) is 78.2 cm³/mol. The lowest BCUT2D eigenvalue weighted by molar-refractivity contribution is -0.149. The number of nitrogens with zero attached hydrogens (tertiary/aromatic N) is 1. The van der Waals surface area contributed by atoms with Gasteiger partial charge in [0, 0.05) is 24.5 Å². The van der Waals surface area contributed by atoms with Crippen molar-refractivity contribution < 1.29 is 9.53 Å². The highest BCUT2D eigenvalue weighted by Crippen LogP contribution is 2.27. The summed E-state index contributed by atoms with van der Waals surface area (Å²) in [6.07, 6.45) is 7.72. The van der Waals surface area contributed by atoms with Crippen molar-refractivity contribution in [3.05, 3.63) is 30.1 Å². The summed E-state index contributed by atoms with van der Waals surface area (Å²) < 4.78 is 5.14. The summed E-state index contributed by atoms with van der Waals surface area (Å²) in [7, 11) is 0. The molecule has 0 radical (unpaired) electrons. The Balaban J connectivity index is 1.88. The number of hydrogen-bond donors (Lipinski definition) is 1. The molecule has 2 unspecified atom stereocenters. The topological polar surface area (TPSA) is 51.2 Å². The third kappa shape index (κ3) is 4.04. The number of pyridine rings is 1. The zero-order chi connectivity index (χ0) is 14.4. The van der Waals surface area contributed by atoms with E-state index in [0.29, 0.717) is 12.6 Å². The molecule has 2 rings (SSSR count). The highest BCUT2D eigenvalue weighted by molar-refractivity contribution is 5.72. The molecule has 20 heavy (non-hydrogen) atoms. The number of aromatic nitrogens is 1. The zero-order valence-corrected chi connectivity index (χ0v) is 12.3. The van der Waals surface area contributed by atoms with Crippen LogP contribution in [0.15, 0.2) is 24.5 Å². The van der Waals surface area contributed by atoms with Crippen LogP contribution in [0.1, 0.15) is 51.1 Å². The Hall–Kier alpha value is -1.42. The summed E-state index contributed by atoms with van der Waals surface area (Å²) in [5.74, 6) is 0.0235. The van der Waals surface area contributed by atoms with Crippen LogP contribution in [0.2, 0.25) is 0 Å². The van der Waals surface area contributed by atoms with E-state index in [1.165, 1.54) is 5.56 Å². The van der Waals surface area contributed by atoms with Crippen LogP contribution in [0.4, 0.5) is 0 Å². The van der Waals surface area contributed by atoms with Gasteiger partial charge < -0.3 is 10.1 Å². The molecule has 0 aromatic carbocycles. The van der Waals surface area contributed by atoms with Crippen LogP contribution in [0, 0.1) is 5.92 Å². The maximum absolute atomic E-state index is 11.8. The van der Waals surface area contributed by atoms with E-state index >= 15 is 0 Å². The highest BCUT2D eigenvalue weighted by atomic mass is 16.5. The number of carbonyl (C=O) groups excluding carboxylic acids is 1. The Morgan fingerprint density at radius 1 is 1.55 bits per heavy atom. The van der Waals surface area contributed by atoms with Gasteiger partial charge in [-0.2, -0.15) is 0 Å². The molecule has 1 aromatic rings. The quantitative estimate of drug-likeness (QED) is 0.840. The summed E-state index contributed by atoms with van der Waals surface area (Å²) in [4.78, 5) is 16.0. The fourth-order valence-electron chi connectivity index (χ4n) is 2.90. The number of esters is 1. The minimum atomic E-state index is -0.0342. The molecule has 1 saturated carbocycles. The molecule has 1 fully saturated rings. The molecule has 110 valence electrons. The largest absolute Gasteiger partial charge is 0.466 e. The molecule has 1 aliphatic rings. The third-order valence-corrected chi connectivity index (χ3v) is 3.96. The minimum Gasteiger partial charge on any atom is -0.466 e. The normalized spacial score (nSPS) is 24.1. The second-order valence-corrected chi connectivity index (χ2v) is 5.49. The predicted octanol–water partition coefficient (Wildman–Crippen LogP) is 2.85. The van der Waals surface area contributed by atoms with E-state index in [0.717, 1.165) is 25.7 Å². The zero-order valence-electron chi connectivity index (χ0n) is 12.3. The van der Waals surface area contributed by atoms with E-state index in [1.54, 1.807) is 6.20 Å². The van der Waals surface area contributed by atoms with E-state index in [9.17, 15) is 4.79 Å². The van der Waals surface area contributed by atoms with E-state index in [-0.39, 0.29) is 17.9 Å². The summed E-state index contributed by atoms with van der Waals surface area (Å²) >= 11 is 0. The molecule has 1 aromatic heterocycles. The van der Waals surface area contributed by atoms with Crippen LogP contribution >= 0.6 is 0 Å². The van der Waals surface area contributed by atoms with Gasteiger partial charge in [-0.05, 0) is 44.7 Å². The van der Waals surface area contributed by atoms with Gasteiger partial charge in [-0.1, -0.05) is 12.5 Å². The Labute approximate surface area is 120 Å². The lowest BCUT2D eigenvalue weighted by Crippen LogP contribution is -2.38. The maximum atomic E-state index is 11.8. The molecule has 0 bridgehead atoms. The molecule has 1 heterocycles. The van der Waals surface area contributed by atoms with Crippen molar-refractivity contribution in [1.29, 1.82) is 0 Å². The first-order chi connectivity index (χ1) is 9.70. The van der Waals surface area contributed by atoms with Crippen LogP contribution in [-0.4, -0.2) is 23.6 Å². The van der Waals surface area contributed by atoms with Crippen molar-refractivity contribution >= 4 is 5.97 Å². The number of carbonyl (C=O) groups is 1. The van der Waals surface area contributed by atoms with Gasteiger partial charge >= 0.3 is 5.97 Å². The number of hydrogen-bond acceptors (Lipinski definition) is 4. The first kappa shape index (κ1) is 15.0. The Bertz CT molecular complexity index is 422. The smallest absolute Gasteiger partial charge is 0.308 e. The van der Waals surface area contributed by atoms with Crippen molar-refractivity contribution in [3.8, 4) is 0 Å². The Morgan fingerprint density at radius 3 is 3.10 bits per heavy atom. The first-order valence-electron chi connectivity index (χ1n) is 7.53. The van der Waals surface area contributed by atoms with E-state index in [2.05, 4.69) is 23.3 Å². The SMILES string of the molecule is CCOC(=O)C1CCCC(N[C@@H](C)c2cccnc2)C1. The third-order valence-electron chi connectivity index (χ3n) is 3.96. The van der Waals surface area contributed by atoms with Gasteiger partial charge in [0.25, 0.3) is 0 Å². The Morgan fingerprint density at radius 2 is 2.40 bits per heavy atom. The van der Waals surface area contributed by atoms with Crippen LogP contribution < -0.4 is 5.32 Å². The number of rotatable bonds is 5. The first-order valence-corrected chi connectivity index (χ1v) is 7.53. The number of ether oxygens (including phenoxy) is 1. The molecule has 1 aliphatic carbocycles. The van der Waals surface area contributed by atoms with Crippen LogP contribution in [0.25, 0.3) is 0 Å². The maximum Gasteiger partial charge on any atom is 0.308 e. The highest BCUT2D eigenvalue weighted by Gasteiger charge is 2.28. The van der Waals surface area contributed by atoms with E-state index in [4.69, 9.17) is 4.74 Å². The summed E-state index contributed by atoms with van der Waals surface area (Å²) in [6.45, 7) is 4.48. The van der Waals surface area contributed by atoms with Crippen LogP contribution in [0.3, 0.4) is 0 Å². The summed E-state index contributed by atoms with van der Waals surface area (Å²) in [5, 5.41) is 3.61. The van der Waals surface area contributed by atoms with Gasteiger partial charge in [0.15, 0.2) is 0 Å². The van der Waals surface area contributed by atoms with Crippen molar-refractivity contribution in [2.45, 2.75) is 51.6 Å². The van der Waals surface area contributed by atoms with Crippen LogP contribution in [-0.2, 0) is 9.53 Å². The van der Waals surface area contributed by atoms with Gasteiger partial charge in [0.2, 0.25) is 0 Å². The molecule has 3 atom stereocenters. The molecular formula is C16H24N2O2. The Kier molecular flexibility index (Phi) is 5.53. The van der Waals surface area contributed by atoms with Crippen molar-refractivity contribution in [1.82, 2.24) is 10.3 Å². The standard InChI is InChI=1S/C16H24N2O2/c1-3-20-16(19)13-6-4-8-15(10-13)18-12(2)14-7-5-9-17-11-14/h5,7,9,11-13,15,18H,3-4,6,8,10H2,1-2H3/t12-,13?,15?/m0/s1. The van der Waals surface area contributed by atoms with E-state index in [1.807, 2.05) is 19.2 Å². The molecule has 0 spiro atoms. The van der Waals surface area contributed by atoms with Gasteiger partial charge in [0.05, 0.1) is 12.5 Å². The van der Waals surface area contributed by atoms with Gasteiger partial charge in [-0.3, -0.25) is 9.78 Å². The van der Waals surface area contributed by atoms with Crippen molar-refractivity contribution in [3.63, 3.8) is 0 Å². The molecule has 0 amide bonds. The average Bonchev–Trinajstić information content (AvgIpc) is 2.48. The molecule has 0 aliphatic heterocycles. The summed E-state index contributed by atoms with van der Waals surface area (Å²) in [6, 6.07) is 4.68.